The van der Waals surface area contributed by atoms with Crippen LogP contribution < -0.4 is 0 Å². The summed E-state index contributed by atoms with van der Waals surface area (Å²) in [5.74, 6) is 0. The topological polar surface area (TPSA) is 24.7 Å². The van der Waals surface area contributed by atoms with Gasteiger partial charge in [0.05, 0.1) is 12.1 Å². The predicted molar refractivity (Wildman–Crippen MR) is 47.3 cm³/mol. The van der Waals surface area contributed by atoms with Crippen molar-refractivity contribution in [3.8, 4) is 0 Å². The fraction of sp³-hybridized carbons (Fsp3) is 0.889. The molecular weight excluding hydrogens is 136 g/mol. The van der Waals surface area contributed by atoms with Crippen LogP contribution in [-0.2, 0) is 0 Å². The Bertz CT molecular complexity index is 151. The van der Waals surface area contributed by atoms with Crippen LogP contribution in [0.1, 0.15) is 39.0 Å². The van der Waals surface area contributed by atoms with Gasteiger partial charge in [0.15, 0.2) is 0 Å². The van der Waals surface area contributed by atoms with E-state index < -0.39 is 0 Å². The summed E-state index contributed by atoms with van der Waals surface area (Å²) in [5, 5.41) is 0. The van der Waals surface area contributed by atoms with E-state index in [2.05, 4.69) is 16.0 Å². The quantitative estimate of drug-likeness (QED) is 0.543. The van der Waals surface area contributed by atoms with Gasteiger partial charge in [-0.3, -0.25) is 0 Å². The van der Waals surface area contributed by atoms with Gasteiger partial charge in [0.25, 0.3) is 0 Å². The fourth-order valence-electron chi connectivity index (χ4n) is 1.40. The van der Waals surface area contributed by atoms with Gasteiger partial charge in [0.2, 0.25) is 0 Å². The second-order valence-corrected chi connectivity index (χ2v) is 3.00. The van der Waals surface area contributed by atoms with Crippen LogP contribution in [0.3, 0.4) is 0 Å². The van der Waals surface area contributed by atoms with E-state index in [0.717, 1.165) is 6.54 Å². The third-order valence-electron chi connectivity index (χ3n) is 2.04. The average Bonchev–Trinajstić information content (AvgIpc) is 2.07. The van der Waals surface area contributed by atoms with Crippen molar-refractivity contribution in [2.24, 2.45) is 9.98 Å². The first-order chi connectivity index (χ1) is 5.43. The Labute approximate surface area is 68.4 Å². The van der Waals surface area contributed by atoms with Gasteiger partial charge in [0, 0.05) is 6.54 Å². The molecule has 0 spiro atoms. The molecule has 2 heteroatoms. The molecule has 0 heterocycles. The van der Waals surface area contributed by atoms with Crippen LogP contribution in [-0.4, -0.2) is 18.6 Å². The summed E-state index contributed by atoms with van der Waals surface area (Å²) >= 11 is 0. The zero-order valence-electron chi connectivity index (χ0n) is 7.21. The summed E-state index contributed by atoms with van der Waals surface area (Å²) in [6, 6.07) is 3.28. The van der Waals surface area contributed by atoms with Crippen molar-refractivity contribution in [3.63, 3.8) is 0 Å². The highest BCUT2D eigenvalue weighted by Gasteiger charge is 2.10. The molecule has 0 aliphatic heterocycles. The Morgan fingerprint density at radius 3 is 2.64 bits per heavy atom. The molecule has 2 nitrogen and oxygen atoms in total. The molecule has 0 saturated heterocycles. The van der Waals surface area contributed by atoms with Gasteiger partial charge in [-0.25, -0.2) is 9.98 Å². The maximum atomic E-state index is 4.26. The van der Waals surface area contributed by atoms with Crippen molar-refractivity contribution < 1.29 is 0 Å². The first kappa shape index (κ1) is 8.48. The van der Waals surface area contributed by atoms with Gasteiger partial charge in [-0.2, -0.15) is 0 Å². The van der Waals surface area contributed by atoms with Crippen LogP contribution in [0.5, 0.6) is 0 Å². The molecule has 1 rings (SSSR count). The second-order valence-electron chi connectivity index (χ2n) is 3.00. The average molecular weight is 152 g/mol. The Hall–Kier alpha value is -0.620. The number of hydrogen-bond donors (Lipinski definition) is 0. The van der Waals surface area contributed by atoms with Gasteiger partial charge in [0.1, 0.15) is 0 Å². The van der Waals surface area contributed by atoms with E-state index in [1.54, 1.807) is 0 Å². The Balaban J connectivity index is 2.29. The van der Waals surface area contributed by atoms with Crippen molar-refractivity contribution in [1.29, 1.82) is 0 Å². The molecule has 11 heavy (non-hydrogen) atoms. The van der Waals surface area contributed by atoms with Crippen LogP contribution in [0.4, 0.5) is 0 Å². The summed E-state index contributed by atoms with van der Waals surface area (Å²) in [4.78, 5) is 8.21. The standard InChI is InChI=1S/C9H16N2/c1-2-10-8-11-9-6-4-3-5-7-9/h9H,2-7H2,1H3. The van der Waals surface area contributed by atoms with Crippen LogP contribution in [0.2, 0.25) is 0 Å². The van der Waals surface area contributed by atoms with E-state index in [1.807, 2.05) is 6.92 Å². The lowest BCUT2D eigenvalue weighted by Gasteiger charge is -2.15. The van der Waals surface area contributed by atoms with Gasteiger partial charge >= 0.3 is 0 Å². The molecule has 62 valence electrons. The molecule has 0 N–H and O–H groups in total. The number of aliphatic imine (C=N–C) groups is 2. The highest BCUT2D eigenvalue weighted by molar-refractivity contribution is 5.41. The third-order valence-corrected chi connectivity index (χ3v) is 2.04. The van der Waals surface area contributed by atoms with Gasteiger partial charge in [-0.1, -0.05) is 19.3 Å². The maximum Gasteiger partial charge on any atom is 0.0895 e. The molecule has 0 aromatic rings. The molecule has 1 aliphatic rings. The van der Waals surface area contributed by atoms with Crippen LogP contribution in [0, 0.1) is 0 Å². The molecular formula is C9H16N2. The van der Waals surface area contributed by atoms with Gasteiger partial charge in [-0.15, -0.1) is 0 Å². The summed E-state index contributed by atoms with van der Waals surface area (Å²) in [6.45, 7) is 2.81. The molecule has 1 fully saturated rings. The summed E-state index contributed by atoms with van der Waals surface area (Å²) in [7, 11) is 0. The van der Waals surface area contributed by atoms with E-state index in [9.17, 15) is 0 Å². The second kappa shape index (κ2) is 5.09. The first-order valence-corrected chi connectivity index (χ1v) is 4.55. The lowest BCUT2D eigenvalue weighted by atomic mass is 9.96. The van der Waals surface area contributed by atoms with Crippen molar-refractivity contribution in [2.45, 2.75) is 45.1 Å². The van der Waals surface area contributed by atoms with E-state index in [0.29, 0.717) is 6.04 Å². The molecule has 0 unspecified atom stereocenters. The van der Waals surface area contributed by atoms with E-state index >= 15 is 0 Å². The molecule has 0 aromatic heterocycles. The monoisotopic (exact) mass is 152 g/mol. The number of nitrogens with zero attached hydrogens (tertiary/aromatic N) is 2. The number of rotatable bonds is 2. The molecule has 1 aliphatic carbocycles. The summed E-state index contributed by atoms with van der Waals surface area (Å²) < 4.78 is 0. The molecule has 0 aromatic carbocycles. The number of hydrogen-bond acceptors (Lipinski definition) is 2. The van der Waals surface area contributed by atoms with Crippen molar-refractivity contribution in [3.05, 3.63) is 0 Å². The fourth-order valence-corrected chi connectivity index (χ4v) is 1.40. The van der Waals surface area contributed by atoms with Crippen LogP contribution >= 0.6 is 0 Å². The van der Waals surface area contributed by atoms with Gasteiger partial charge in [-0.05, 0) is 19.8 Å². The van der Waals surface area contributed by atoms with Crippen molar-refractivity contribution in [1.82, 2.24) is 0 Å². The minimum absolute atomic E-state index is 0.527. The predicted octanol–water partition coefficient (Wildman–Crippen LogP) is 2.51. The largest absolute Gasteiger partial charge is 0.226 e. The van der Waals surface area contributed by atoms with Crippen molar-refractivity contribution >= 4 is 6.01 Å². The van der Waals surface area contributed by atoms with Gasteiger partial charge < -0.3 is 0 Å². The summed E-state index contributed by atoms with van der Waals surface area (Å²) in [6.07, 6.45) is 6.54. The molecule has 0 amide bonds. The zero-order valence-corrected chi connectivity index (χ0v) is 7.21. The zero-order chi connectivity index (χ0) is 7.94. The van der Waals surface area contributed by atoms with E-state index in [4.69, 9.17) is 0 Å². The van der Waals surface area contributed by atoms with Crippen LogP contribution in [0.25, 0.3) is 0 Å². The van der Waals surface area contributed by atoms with E-state index in [1.165, 1.54) is 32.1 Å². The molecule has 0 radical (unpaired) electrons. The third kappa shape index (κ3) is 3.33. The van der Waals surface area contributed by atoms with E-state index in [-0.39, 0.29) is 0 Å². The molecule has 0 atom stereocenters. The Morgan fingerprint density at radius 2 is 2.00 bits per heavy atom. The highest BCUT2D eigenvalue weighted by Crippen LogP contribution is 2.19. The minimum atomic E-state index is 0.527. The lowest BCUT2D eigenvalue weighted by molar-refractivity contribution is 0.444. The normalized spacial score (nSPS) is 19.0. The molecule has 1 saturated carbocycles. The lowest BCUT2D eigenvalue weighted by Crippen LogP contribution is -2.08. The highest BCUT2D eigenvalue weighted by atomic mass is 14.8. The Kier molecular flexibility index (Phi) is 3.92. The Morgan fingerprint density at radius 1 is 1.27 bits per heavy atom. The minimum Gasteiger partial charge on any atom is -0.226 e. The smallest absolute Gasteiger partial charge is 0.0895 e. The van der Waals surface area contributed by atoms with Crippen molar-refractivity contribution in [2.75, 3.05) is 6.54 Å². The SMILES string of the molecule is CCN=C=NC1CCCCC1. The van der Waals surface area contributed by atoms with Crippen LogP contribution in [0.15, 0.2) is 9.98 Å². The molecule has 0 bridgehead atoms. The first-order valence-electron chi connectivity index (χ1n) is 4.55. The maximum absolute atomic E-state index is 4.26. The summed E-state index contributed by atoms with van der Waals surface area (Å²) in [5.41, 5.74) is 0.